The number of hydrogen-bond acceptors (Lipinski definition) is 1. The molecule has 1 unspecified atom stereocenters. The van der Waals surface area contributed by atoms with Crippen LogP contribution in [0.2, 0.25) is 18.1 Å². The quantitative estimate of drug-likeness (QED) is 0.0365. The maximum atomic E-state index is 7.01. The van der Waals surface area contributed by atoms with Crippen molar-refractivity contribution in [3.8, 4) is 0 Å². The van der Waals surface area contributed by atoms with Gasteiger partial charge in [-0.2, -0.15) is 0 Å². The summed E-state index contributed by atoms with van der Waals surface area (Å²) in [5.74, 6) is 0. The molecule has 51 heavy (non-hydrogen) atoms. The molecule has 0 heterocycles. The third-order valence-electron chi connectivity index (χ3n) is 12.2. The Bertz CT molecular complexity index is 836. The van der Waals surface area contributed by atoms with Gasteiger partial charge in [-0.3, -0.25) is 0 Å². The Morgan fingerprint density at radius 2 is 0.863 bits per heavy atom. The van der Waals surface area contributed by atoms with Crippen molar-refractivity contribution in [2.24, 2.45) is 5.41 Å². The van der Waals surface area contributed by atoms with E-state index in [1.165, 1.54) is 186 Å². The minimum atomic E-state index is -1.70. The van der Waals surface area contributed by atoms with Gasteiger partial charge >= 0.3 is 0 Å². The summed E-state index contributed by atoms with van der Waals surface area (Å²) in [4.78, 5) is 0. The Morgan fingerprint density at radius 1 is 0.510 bits per heavy atom. The number of unbranched alkanes of at least 4 members (excludes halogenated alkanes) is 20. The van der Waals surface area contributed by atoms with Crippen molar-refractivity contribution in [2.75, 3.05) is 0 Å². The van der Waals surface area contributed by atoms with Crippen LogP contribution in [0.3, 0.4) is 0 Å². The third kappa shape index (κ3) is 26.5. The fourth-order valence-corrected chi connectivity index (χ4v) is 9.15. The first kappa shape index (κ1) is 48.2. The van der Waals surface area contributed by atoms with Gasteiger partial charge < -0.3 is 4.43 Å². The molecule has 2 heteroatoms. The number of hydrogen-bond donors (Lipinski definition) is 0. The second kappa shape index (κ2) is 31.5. The molecule has 1 nitrogen and oxygen atoms in total. The second-order valence-electron chi connectivity index (χ2n) is 18.1. The molecule has 0 aliphatic heterocycles. The second-order valence-corrected chi connectivity index (χ2v) is 22.9. The molecule has 0 radical (unpaired) electrons. The van der Waals surface area contributed by atoms with Crippen LogP contribution in [-0.4, -0.2) is 14.4 Å². The fourth-order valence-electron chi connectivity index (χ4n) is 7.76. The molecule has 0 saturated heterocycles. The van der Waals surface area contributed by atoms with E-state index in [0.29, 0.717) is 16.6 Å². The molecule has 0 N–H and O–H groups in total. The molecule has 0 amide bonds. The minimum Gasteiger partial charge on any atom is -0.414 e. The molecule has 0 aromatic carbocycles. The predicted octanol–water partition coefficient (Wildman–Crippen LogP) is 17.7. The zero-order valence-electron chi connectivity index (χ0n) is 36.0. The van der Waals surface area contributed by atoms with Gasteiger partial charge in [0.1, 0.15) is 0 Å². The zero-order valence-corrected chi connectivity index (χ0v) is 37.0. The van der Waals surface area contributed by atoms with Crippen molar-refractivity contribution in [3.63, 3.8) is 0 Å². The normalized spacial score (nSPS) is 17.0. The average molecular weight is 725 g/mol. The van der Waals surface area contributed by atoms with Gasteiger partial charge in [0.05, 0.1) is 0 Å². The molecule has 1 atom stereocenters. The molecule has 0 aromatic rings. The standard InChI is InChI=1S/C49H92OSi/c1-8-10-12-14-16-18-20-22-24-26-28-30-32-34-36-38-40-43-49(45-42-47(46-49)50-51(6,7)48(3,4)5)44-41-39-37-35-33-31-29-27-25-23-21-19-17-15-13-11-9-2/h16-19,22-25,47H,8-15,20-21,26-46H2,1-7H3/b18-16-,19-17-,24-22-,25-23-. The summed E-state index contributed by atoms with van der Waals surface area (Å²) in [5, 5.41) is 0.306. The van der Waals surface area contributed by atoms with Gasteiger partial charge in [-0.15, -0.1) is 0 Å². The topological polar surface area (TPSA) is 9.23 Å². The van der Waals surface area contributed by atoms with Gasteiger partial charge in [-0.05, 0) is 120 Å². The Morgan fingerprint density at radius 3 is 1.24 bits per heavy atom. The van der Waals surface area contributed by atoms with Crippen molar-refractivity contribution in [1.82, 2.24) is 0 Å². The Kier molecular flexibility index (Phi) is 29.7. The van der Waals surface area contributed by atoms with E-state index in [-0.39, 0.29) is 0 Å². The highest BCUT2D eigenvalue weighted by Gasteiger charge is 2.44. The van der Waals surface area contributed by atoms with Crippen molar-refractivity contribution < 1.29 is 4.43 Å². The third-order valence-corrected chi connectivity index (χ3v) is 16.8. The van der Waals surface area contributed by atoms with Crippen LogP contribution in [0, 0.1) is 5.41 Å². The van der Waals surface area contributed by atoms with E-state index in [9.17, 15) is 0 Å². The maximum Gasteiger partial charge on any atom is 0.192 e. The molecule has 0 aromatic heterocycles. The summed E-state index contributed by atoms with van der Waals surface area (Å²) >= 11 is 0. The predicted molar refractivity (Wildman–Crippen MR) is 236 cm³/mol. The summed E-state index contributed by atoms with van der Waals surface area (Å²) in [6.45, 7) is 16.7. The van der Waals surface area contributed by atoms with Crippen LogP contribution >= 0.6 is 0 Å². The van der Waals surface area contributed by atoms with Gasteiger partial charge in [0, 0.05) is 6.10 Å². The van der Waals surface area contributed by atoms with E-state index in [0.717, 1.165) is 12.8 Å². The minimum absolute atomic E-state index is 0.306. The fraction of sp³-hybridized carbons (Fsp3) is 0.837. The number of allylic oxidation sites excluding steroid dienone is 8. The summed E-state index contributed by atoms with van der Waals surface area (Å²) in [6.07, 6.45) is 61.7. The van der Waals surface area contributed by atoms with Crippen LogP contribution in [-0.2, 0) is 4.43 Å². The van der Waals surface area contributed by atoms with E-state index in [2.05, 4.69) is 96.3 Å². The van der Waals surface area contributed by atoms with Gasteiger partial charge in [0.25, 0.3) is 0 Å². The summed E-state index contributed by atoms with van der Waals surface area (Å²) in [7, 11) is -1.70. The van der Waals surface area contributed by atoms with Crippen molar-refractivity contribution >= 4 is 8.32 Å². The van der Waals surface area contributed by atoms with Gasteiger partial charge in [0.2, 0.25) is 0 Å². The van der Waals surface area contributed by atoms with E-state index in [1.54, 1.807) is 0 Å². The molecule has 1 fully saturated rings. The highest BCUT2D eigenvalue weighted by Crippen LogP contribution is 2.49. The first-order valence-corrected chi connectivity index (χ1v) is 25.8. The molecular weight excluding hydrogens is 633 g/mol. The van der Waals surface area contributed by atoms with Crippen LogP contribution in [0.25, 0.3) is 0 Å². The van der Waals surface area contributed by atoms with Crippen LogP contribution in [0.4, 0.5) is 0 Å². The molecular formula is C49H92OSi. The Labute approximate surface area is 323 Å². The summed E-state index contributed by atoms with van der Waals surface area (Å²) in [5.41, 5.74) is 0.557. The van der Waals surface area contributed by atoms with Crippen LogP contribution in [0.5, 0.6) is 0 Å². The summed E-state index contributed by atoms with van der Waals surface area (Å²) < 4.78 is 7.01. The van der Waals surface area contributed by atoms with Crippen LogP contribution < -0.4 is 0 Å². The molecule has 1 aliphatic carbocycles. The highest BCUT2D eigenvalue weighted by atomic mass is 28.4. The first-order chi connectivity index (χ1) is 24.7. The van der Waals surface area contributed by atoms with Crippen molar-refractivity contribution in [2.45, 2.75) is 258 Å². The lowest BCUT2D eigenvalue weighted by atomic mass is 9.76. The molecule has 0 spiro atoms. The highest BCUT2D eigenvalue weighted by molar-refractivity contribution is 6.74. The lowest BCUT2D eigenvalue weighted by Gasteiger charge is -2.39. The Hall–Kier alpha value is -0.863. The molecule has 1 rings (SSSR count). The SMILES string of the molecule is CCCCC/C=C\C/C=C\CCCCCCCCCC1(CCCCCCCCC/C=C\C/C=C\CCCCC)CCC(O[Si](C)(C)C(C)(C)C)C1. The molecule has 1 aliphatic rings. The lowest BCUT2D eigenvalue weighted by Crippen LogP contribution is -2.43. The van der Waals surface area contributed by atoms with Crippen molar-refractivity contribution in [3.05, 3.63) is 48.6 Å². The van der Waals surface area contributed by atoms with Crippen LogP contribution in [0.15, 0.2) is 48.6 Å². The van der Waals surface area contributed by atoms with Crippen LogP contribution in [0.1, 0.15) is 234 Å². The molecule has 298 valence electrons. The largest absolute Gasteiger partial charge is 0.414 e. The van der Waals surface area contributed by atoms with Crippen molar-refractivity contribution in [1.29, 1.82) is 0 Å². The summed E-state index contributed by atoms with van der Waals surface area (Å²) in [6, 6.07) is 0. The molecule has 0 bridgehead atoms. The lowest BCUT2D eigenvalue weighted by molar-refractivity contribution is 0.151. The molecule has 1 saturated carbocycles. The maximum absolute atomic E-state index is 7.01. The van der Waals surface area contributed by atoms with Gasteiger partial charge in [0.15, 0.2) is 8.32 Å². The number of rotatable bonds is 34. The van der Waals surface area contributed by atoms with Gasteiger partial charge in [-0.25, -0.2) is 0 Å². The van der Waals surface area contributed by atoms with E-state index in [1.807, 2.05) is 0 Å². The monoisotopic (exact) mass is 725 g/mol. The average Bonchev–Trinajstić information content (AvgIpc) is 3.48. The van der Waals surface area contributed by atoms with E-state index < -0.39 is 8.32 Å². The zero-order chi connectivity index (χ0) is 37.4. The smallest absolute Gasteiger partial charge is 0.192 e. The van der Waals surface area contributed by atoms with E-state index >= 15 is 0 Å². The first-order valence-electron chi connectivity index (χ1n) is 22.9. The van der Waals surface area contributed by atoms with E-state index in [4.69, 9.17) is 4.43 Å². The Balaban J connectivity index is 2.27. The van der Waals surface area contributed by atoms with Gasteiger partial charge in [-0.1, -0.05) is 186 Å².